The van der Waals surface area contributed by atoms with Crippen LogP contribution in [-0.4, -0.2) is 30.6 Å². The summed E-state index contributed by atoms with van der Waals surface area (Å²) < 4.78 is 17.9. The van der Waals surface area contributed by atoms with Gasteiger partial charge in [-0.15, -0.1) is 0 Å². The Morgan fingerprint density at radius 1 is 1.03 bits per heavy atom. The molecule has 0 bridgehead atoms. The maximum Gasteiger partial charge on any atom is 0.290 e. The molecular formula is C28H33NO5. The highest BCUT2D eigenvalue weighted by Crippen LogP contribution is 2.41. The van der Waals surface area contributed by atoms with Gasteiger partial charge in [0.15, 0.2) is 16.9 Å². The van der Waals surface area contributed by atoms with Crippen molar-refractivity contribution < 1.29 is 18.7 Å². The number of fused-ring (bicyclic) bond motifs is 2. The molecule has 2 heterocycles. The molecule has 0 radical (unpaired) electrons. The van der Waals surface area contributed by atoms with E-state index in [4.69, 9.17) is 13.9 Å². The van der Waals surface area contributed by atoms with Crippen LogP contribution in [0, 0.1) is 12.8 Å². The zero-order valence-electron chi connectivity index (χ0n) is 20.6. The van der Waals surface area contributed by atoms with Crippen molar-refractivity contribution in [3.63, 3.8) is 0 Å². The largest absolute Gasteiger partial charge is 0.490 e. The van der Waals surface area contributed by atoms with E-state index in [0.29, 0.717) is 53.7 Å². The summed E-state index contributed by atoms with van der Waals surface area (Å²) >= 11 is 0. The Morgan fingerprint density at radius 3 is 2.53 bits per heavy atom. The minimum Gasteiger partial charge on any atom is -0.490 e. The van der Waals surface area contributed by atoms with Crippen LogP contribution in [0.1, 0.15) is 73.8 Å². The predicted octanol–water partition coefficient (Wildman–Crippen LogP) is 5.88. The lowest BCUT2D eigenvalue weighted by Crippen LogP contribution is -2.30. The van der Waals surface area contributed by atoms with Gasteiger partial charge < -0.3 is 18.8 Å². The normalized spacial score (nSPS) is 15.3. The van der Waals surface area contributed by atoms with Crippen LogP contribution in [-0.2, 0) is 0 Å². The van der Waals surface area contributed by atoms with E-state index in [9.17, 15) is 9.59 Å². The molecule has 180 valence electrons. The second-order valence-corrected chi connectivity index (χ2v) is 9.24. The number of benzene rings is 2. The summed E-state index contributed by atoms with van der Waals surface area (Å²) in [7, 11) is 0. The Kier molecular flexibility index (Phi) is 6.96. The third-order valence-electron chi connectivity index (χ3n) is 6.12. The van der Waals surface area contributed by atoms with Crippen LogP contribution in [0.5, 0.6) is 11.5 Å². The van der Waals surface area contributed by atoms with Crippen LogP contribution in [0.4, 0.5) is 0 Å². The van der Waals surface area contributed by atoms with E-state index in [1.807, 2.05) is 51.1 Å². The summed E-state index contributed by atoms with van der Waals surface area (Å²) in [6.45, 7) is 11.8. The number of rotatable bonds is 9. The van der Waals surface area contributed by atoms with Crippen LogP contribution >= 0.6 is 0 Å². The van der Waals surface area contributed by atoms with Crippen molar-refractivity contribution >= 4 is 16.9 Å². The van der Waals surface area contributed by atoms with Gasteiger partial charge in [0.05, 0.1) is 30.2 Å². The fourth-order valence-electron chi connectivity index (χ4n) is 4.44. The van der Waals surface area contributed by atoms with Gasteiger partial charge in [-0.2, -0.15) is 0 Å². The van der Waals surface area contributed by atoms with E-state index >= 15 is 0 Å². The summed E-state index contributed by atoms with van der Waals surface area (Å²) in [6.07, 6.45) is 1.70. The SMILES string of the molecule is CCCN1C(=O)c2oc3ccc(C)cc3c(=O)c2[C@@H]1c1ccc(OCCC(C)C)c(OCC)c1. The third kappa shape index (κ3) is 4.41. The average molecular weight is 464 g/mol. The first-order chi connectivity index (χ1) is 16.3. The molecule has 1 atom stereocenters. The zero-order valence-corrected chi connectivity index (χ0v) is 20.6. The zero-order chi connectivity index (χ0) is 24.4. The molecule has 1 amide bonds. The first-order valence-corrected chi connectivity index (χ1v) is 12.1. The molecule has 1 aliphatic rings. The van der Waals surface area contributed by atoms with Gasteiger partial charge in [-0.05, 0) is 62.4 Å². The highest BCUT2D eigenvalue weighted by Gasteiger charge is 2.42. The van der Waals surface area contributed by atoms with Gasteiger partial charge in [0.2, 0.25) is 5.76 Å². The van der Waals surface area contributed by atoms with Gasteiger partial charge in [0, 0.05) is 6.54 Å². The topological polar surface area (TPSA) is 69.0 Å². The molecule has 3 aromatic rings. The van der Waals surface area contributed by atoms with Crippen molar-refractivity contribution in [2.45, 2.75) is 53.5 Å². The molecule has 1 aliphatic heterocycles. The number of hydrogen-bond donors (Lipinski definition) is 0. The summed E-state index contributed by atoms with van der Waals surface area (Å²) in [6, 6.07) is 10.6. The molecule has 0 fully saturated rings. The van der Waals surface area contributed by atoms with E-state index in [1.54, 1.807) is 11.0 Å². The smallest absolute Gasteiger partial charge is 0.290 e. The molecule has 6 heteroatoms. The lowest BCUT2D eigenvalue weighted by molar-refractivity contribution is 0.0728. The van der Waals surface area contributed by atoms with Crippen molar-refractivity contribution in [1.82, 2.24) is 4.90 Å². The van der Waals surface area contributed by atoms with Gasteiger partial charge in [0.1, 0.15) is 5.58 Å². The molecule has 0 N–H and O–H groups in total. The van der Waals surface area contributed by atoms with Gasteiger partial charge in [-0.1, -0.05) is 38.5 Å². The number of nitrogens with zero attached hydrogens (tertiary/aromatic N) is 1. The Labute approximate surface area is 200 Å². The van der Waals surface area contributed by atoms with Gasteiger partial charge in [-0.25, -0.2) is 0 Å². The molecule has 34 heavy (non-hydrogen) atoms. The molecule has 0 saturated carbocycles. The van der Waals surface area contributed by atoms with E-state index in [1.165, 1.54) is 0 Å². The summed E-state index contributed by atoms with van der Waals surface area (Å²) in [5.74, 6) is 1.70. The van der Waals surface area contributed by atoms with Gasteiger partial charge in [0.25, 0.3) is 5.91 Å². The van der Waals surface area contributed by atoms with Crippen LogP contribution in [0.3, 0.4) is 0 Å². The molecule has 1 aromatic heterocycles. The standard InChI is InChI=1S/C28H33NO5/c1-6-13-29-25(19-9-11-22(23(16-19)32-7-2)33-14-12-17(3)4)24-26(30)20-15-18(5)8-10-21(20)34-27(24)28(29)31/h8-11,15-17,25H,6-7,12-14H2,1-5H3/t25-/m0/s1. The quantitative estimate of drug-likeness (QED) is 0.396. The number of amides is 1. The van der Waals surface area contributed by atoms with Gasteiger partial charge in [-0.3, -0.25) is 9.59 Å². The molecular weight excluding hydrogens is 430 g/mol. The summed E-state index contributed by atoms with van der Waals surface area (Å²) in [5, 5.41) is 0.494. The number of carbonyl (C=O) groups excluding carboxylic acids is 1. The lowest BCUT2D eigenvalue weighted by atomic mass is 9.97. The van der Waals surface area contributed by atoms with E-state index in [2.05, 4.69) is 13.8 Å². The second-order valence-electron chi connectivity index (χ2n) is 9.24. The monoisotopic (exact) mass is 463 g/mol. The average Bonchev–Trinajstić information content (AvgIpc) is 3.07. The number of carbonyl (C=O) groups is 1. The highest BCUT2D eigenvalue weighted by atomic mass is 16.5. The fourth-order valence-corrected chi connectivity index (χ4v) is 4.44. The van der Waals surface area contributed by atoms with Crippen molar-refractivity contribution in [2.24, 2.45) is 5.92 Å². The van der Waals surface area contributed by atoms with Crippen LogP contribution in [0.15, 0.2) is 45.6 Å². The number of ether oxygens (including phenoxy) is 2. The fraction of sp³-hybridized carbons (Fsp3) is 0.429. The van der Waals surface area contributed by atoms with Crippen molar-refractivity contribution in [2.75, 3.05) is 19.8 Å². The molecule has 2 aromatic carbocycles. The van der Waals surface area contributed by atoms with Crippen molar-refractivity contribution in [3.05, 3.63) is 69.1 Å². The second kappa shape index (κ2) is 9.92. The molecule has 0 saturated heterocycles. The van der Waals surface area contributed by atoms with Crippen molar-refractivity contribution in [3.8, 4) is 11.5 Å². The number of hydrogen-bond acceptors (Lipinski definition) is 5. The maximum absolute atomic E-state index is 13.6. The van der Waals surface area contributed by atoms with E-state index in [0.717, 1.165) is 24.0 Å². The first kappa shape index (κ1) is 23.9. The van der Waals surface area contributed by atoms with Crippen LogP contribution < -0.4 is 14.9 Å². The maximum atomic E-state index is 13.6. The first-order valence-electron chi connectivity index (χ1n) is 12.1. The Morgan fingerprint density at radius 2 is 1.82 bits per heavy atom. The summed E-state index contributed by atoms with van der Waals surface area (Å²) in [4.78, 5) is 28.7. The molecule has 0 aliphatic carbocycles. The molecule has 4 rings (SSSR count). The Bertz CT molecular complexity index is 1260. The molecule has 0 unspecified atom stereocenters. The Balaban J connectivity index is 1.83. The minimum atomic E-state index is -0.535. The summed E-state index contributed by atoms with van der Waals surface area (Å²) in [5.41, 5.74) is 2.44. The van der Waals surface area contributed by atoms with Crippen molar-refractivity contribution in [1.29, 1.82) is 0 Å². The van der Waals surface area contributed by atoms with Crippen LogP contribution in [0.2, 0.25) is 0 Å². The number of aryl methyl sites for hydroxylation is 1. The van der Waals surface area contributed by atoms with Gasteiger partial charge >= 0.3 is 0 Å². The van der Waals surface area contributed by atoms with E-state index in [-0.39, 0.29) is 17.1 Å². The third-order valence-corrected chi connectivity index (χ3v) is 6.12. The lowest BCUT2D eigenvalue weighted by Gasteiger charge is -2.25. The Hall–Kier alpha value is -3.28. The molecule has 6 nitrogen and oxygen atoms in total. The predicted molar refractivity (Wildman–Crippen MR) is 133 cm³/mol. The highest BCUT2D eigenvalue weighted by molar-refractivity contribution is 5.99. The molecule has 0 spiro atoms. The van der Waals surface area contributed by atoms with Crippen LogP contribution in [0.25, 0.3) is 11.0 Å². The van der Waals surface area contributed by atoms with E-state index < -0.39 is 6.04 Å². The minimum absolute atomic E-state index is 0.134.